The van der Waals surface area contributed by atoms with E-state index in [1.165, 1.54) is 14.0 Å². The number of aliphatic hydroxyl groups is 1. The second-order valence-corrected chi connectivity index (χ2v) is 6.56. The third-order valence-corrected chi connectivity index (χ3v) is 4.25. The monoisotopic (exact) mass is 354 g/mol. The van der Waals surface area contributed by atoms with Gasteiger partial charge in [-0.3, -0.25) is 14.4 Å². The van der Waals surface area contributed by atoms with E-state index >= 15 is 0 Å². The summed E-state index contributed by atoms with van der Waals surface area (Å²) in [5, 5.41) is 9.84. The predicted octanol–water partition coefficient (Wildman–Crippen LogP) is 3.77. The van der Waals surface area contributed by atoms with Gasteiger partial charge in [-0.2, -0.15) is 0 Å². The van der Waals surface area contributed by atoms with Crippen molar-refractivity contribution < 1.29 is 24.2 Å². The second-order valence-electron chi connectivity index (χ2n) is 6.56. The van der Waals surface area contributed by atoms with Gasteiger partial charge in [-0.05, 0) is 32.6 Å². The number of hydrogen-bond acceptors (Lipinski definition) is 5. The standard InChI is InChI=1S/C20H34O5/c1-4-5-6-11-18(22)13-9-10-17(16(2)21)15-19(23)12-7-8-14-20(24)25-3/h9,13,17-18,22H,4-8,10-12,14-15H2,1-3H3/b13-9+/t17?,18-/m0/s1. The fourth-order valence-corrected chi connectivity index (χ4v) is 2.56. The Morgan fingerprint density at radius 2 is 1.76 bits per heavy atom. The molecule has 2 atom stereocenters. The van der Waals surface area contributed by atoms with Crippen molar-refractivity contribution >= 4 is 17.5 Å². The Morgan fingerprint density at radius 1 is 1.08 bits per heavy atom. The van der Waals surface area contributed by atoms with Crippen molar-refractivity contribution in [3.63, 3.8) is 0 Å². The molecule has 0 aromatic carbocycles. The minimum atomic E-state index is -0.479. The van der Waals surface area contributed by atoms with Crippen LogP contribution >= 0.6 is 0 Å². The van der Waals surface area contributed by atoms with E-state index in [9.17, 15) is 19.5 Å². The lowest BCUT2D eigenvalue weighted by molar-refractivity contribution is -0.140. The average Bonchev–Trinajstić information content (AvgIpc) is 2.57. The SMILES string of the molecule is CCCCC[C@H](O)/C=C/CC(CC(=O)CCCCC(=O)OC)C(C)=O. The van der Waals surface area contributed by atoms with Crippen LogP contribution < -0.4 is 0 Å². The van der Waals surface area contributed by atoms with Crippen LogP contribution in [0.2, 0.25) is 0 Å². The number of ether oxygens (including phenoxy) is 1. The minimum absolute atomic E-state index is 0.00645. The zero-order valence-corrected chi connectivity index (χ0v) is 16.0. The van der Waals surface area contributed by atoms with Gasteiger partial charge in [0.1, 0.15) is 11.6 Å². The van der Waals surface area contributed by atoms with Gasteiger partial charge in [-0.1, -0.05) is 38.3 Å². The maximum Gasteiger partial charge on any atom is 0.305 e. The first-order chi connectivity index (χ1) is 11.9. The molecule has 5 nitrogen and oxygen atoms in total. The molecular formula is C20H34O5. The van der Waals surface area contributed by atoms with Crippen LogP contribution in [-0.4, -0.2) is 35.9 Å². The Balaban J connectivity index is 4.13. The van der Waals surface area contributed by atoms with Gasteiger partial charge < -0.3 is 9.84 Å². The van der Waals surface area contributed by atoms with Crippen molar-refractivity contribution in [2.75, 3.05) is 7.11 Å². The van der Waals surface area contributed by atoms with Crippen molar-refractivity contribution in [2.45, 2.75) is 84.2 Å². The first-order valence-corrected chi connectivity index (χ1v) is 9.34. The lowest BCUT2D eigenvalue weighted by Crippen LogP contribution is -2.15. The van der Waals surface area contributed by atoms with Crippen molar-refractivity contribution in [1.29, 1.82) is 0 Å². The van der Waals surface area contributed by atoms with Crippen molar-refractivity contribution in [3.8, 4) is 0 Å². The highest BCUT2D eigenvalue weighted by molar-refractivity contribution is 5.86. The fraction of sp³-hybridized carbons (Fsp3) is 0.750. The molecule has 0 aliphatic heterocycles. The van der Waals surface area contributed by atoms with Gasteiger partial charge in [-0.25, -0.2) is 0 Å². The van der Waals surface area contributed by atoms with E-state index in [1.807, 2.05) is 6.08 Å². The van der Waals surface area contributed by atoms with Gasteiger partial charge in [0, 0.05) is 25.2 Å². The van der Waals surface area contributed by atoms with Gasteiger partial charge in [0.25, 0.3) is 0 Å². The summed E-state index contributed by atoms with van der Waals surface area (Å²) in [6.07, 6.45) is 9.65. The molecule has 25 heavy (non-hydrogen) atoms. The lowest BCUT2D eigenvalue weighted by Gasteiger charge is -2.11. The summed E-state index contributed by atoms with van der Waals surface area (Å²) >= 11 is 0. The molecule has 0 radical (unpaired) electrons. The van der Waals surface area contributed by atoms with Gasteiger partial charge in [-0.15, -0.1) is 0 Å². The summed E-state index contributed by atoms with van der Waals surface area (Å²) in [6.45, 7) is 3.62. The molecule has 0 aliphatic rings. The summed E-state index contributed by atoms with van der Waals surface area (Å²) in [4.78, 5) is 34.7. The van der Waals surface area contributed by atoms with Crippen LogP contribution in [0.3, 0.4) is 0 Å². The zero-order chi connectivity index (χ0) is 19.1. The zero-order valence-electron chi connectivity index (χ0n) is 16.0. The Morgan fingerprint density at radius 3 is 2.36 bits per heavy atom. The molecule has 0 aliphatic carbocycles. The topological polar surface area (TPSA) is 80.7 Å². The number of Topliss-reactive ketones (excluding diaryl/α,β-unsaturated/α-hetero) is 2. The highest BCUT2D eigenvalue weighted by Crippen LogP contribution is 2.15. The molecular weight excluding hydrogens is 320 g/mol. The Labute approximate surface area is 151 Å². The fourth-order valence-electron chi connectivity index (χ4n) is 2.56. The quantitative estimate of drug-likeness (QED) is 0.275. The van der Waals surface area contributed by atoms with Crippen LogP contribution in [0.4, 0.5) is 0 Å². The number of carbonyl (C=O) groups excluding carboxylic acids is 3. The number of rotatable bonds is 15. The number of ketones is 2. The van der Waals surface area contributed by atoms with Crippen LogP contribution in [0.1, 0.15) is 78.1 Å². The number of methoxy groups -OCH3 is 1. The molecule has 144 valence electrons. The smallest absolute Gasteiger partial charge is 0.305 e. The summed E-state index contributed by atoms with van der Waals surface area (Å²) < 4.78 is 4.55. The maximum absolute atomic E-state index is 12.0. The van der Waals surface area contributed by atoms with Crippen molar-refractivity contribution in [3.05, 3.63) is 12.2 Å². The molecule has 0 spiro atoms. The number of hydrogen-bond donors (Lipinski definition) is 1. The summed E-state index contributed by atoms with van der Waals surface area (Å²) in [7, 11) is 1.35. The molecule has 0 fully saturated rings. The van der Waals surface area contributed by atoms with E-state index in [1.54, 1.807) is 6.08 Å². The van der Waals surface area contributed by atoms with Gasteiger partial charge in [0.2, 0.25) is 0 Å². The van der Waals surface area contributed by atoms with E-state index in [-0.39, 0.29) is 29.9 Å². The summed E-state index contributed by atoms with van der Waals surface area (Å²) in [6, 6.07) is 0. The molecule has 0 saturated carbocycles. The molecule has 0 amide bonds. The highest BCUT2D eigenvalue weighted by Gasteiger charge is 2.17. The number of aliphatic hydroxyl groups excluding tert-OH is 1. The Bertz CT molecular complexity index is 428. The number of esters is 1. The van der Waals surface area contributed by atoms with Gasteiger partial charge in [0.15, 0.2) is 0 Å². The number of carbonyl (C=O) groups is 3. The first-order valence-electron chi connectivity index (χ1n) is 9.34. The van der Waals surface area contributed by atoms with Gasteiger partial charge >= 0.3 is 5.97 Å². The van der Waals surface area contributed by atoms with E-state index in [4.69, 9.17) is 0 Å². The Hall–Kier alpha value is -1.49. The van der Waals surface area contributed by atoms with Crippen LogP contribution in [0.25, 0.3) is 0 Å². The van der Waals surface area contributed by atoms with Crippen LogP contribution in [0.15, 0.2) is 12.2 Å². The second kappa shape index (κ2) is 14.8. The normalized spacial score (nSPS) is 13.6. The minimum Gasteiger partial charge on any atom is -0.469 e. The van der Waals surface area contributed by atoms with E-state index < -0.39 is 6.10 Å². The average molecular weight is 354 g/mol. The van der Waals surface area contributed by atoms with Gasteiger partial charge in [0.05, 0.1) is 13.2 Å². The van der Waals surface area contributed by atoms with Crippen LogP contribution in [0, 0.1) is 5.92 Å². The molecule has 1 N–H and O–H groups in total. The molecule has 0 aromatic heterocycles. The van der Waals surface area contributed by atoms with Crippen LogP contribution in [0.5, 0.6) is 0 Å². The summed E-state index contributed by atoms with van der Waals surface area (Å²) in [5.41, 5.74) is 0. The lowest BCUT2D eigenvalue weighted by atomic mass is 9.92. The molecule has 0 bridgehead atoms. The maximum atomic E-state index is 12.0. The molecule has 0 saturated heterocycles. The van der Waals surface area contributed by atoms with E-state index in [0.717, 1.165) is 25.7 Å². The molecule has 1 unspecified atom stereocenters. The predicted molar refractivity (Wildman–Crippen MR) is 98.2 cm³/mol. The summed E-state index contributed by atoms with van der Waals surface area (Å²) in [5.74, 6) is -0.557. The number of allylic oxidation sites excluding steroid dienone is 1. The molecule has 0 aromatic rings. The highest BCUT2D eigenvalue weighted by atomic mass is 16.5. The molecule has 5 heteroatoms. The third-order valence-electron chi connectivity index (χ3n) is 4.25. The first kappa shape index (κ1) is 23.5. The van der Waals surface area contributed by atoms with E-state index in [2.05, 4.69) is 11.7 Å². The van der Waals surface area contributed by atoms with Crippen molar-refractivity contribution in [2.24, 2.45) is 5.92 Å². The number of unbranched alkanes of at least 4 members (excludes halogenated alkanes) is 3. The van der Waals surface area contributed by atoms with E-state index in [0.29, 0.717) is 32.1 Å². The van der Waals surface area contributed by atoms with Crippen molar-refractivity contribution in [1.82, 2.24) is 0 Å². The van der Waals surface area contributed by atoms with Crippen LogP contribution in [-0.2, 0) is 19.1 Å². The molecule has 0 rings (SSSR count). The molecule has 0 heterocycles. The third kappa shape index (κ3) is 13.5. The largest absolute Gasteiger partial charge is 0.469 e. The Kier molecular flexibility index (Phi) is 13.9.